The highest BCUT2D eigenvalue weighted by molar-refractivity contribution is 5.99. The van der Waals surface area contributed by atoms with Gasteiger partial charge in [-0.15, -0.1) is 0 Å². The molecule has 2 aromatic carbocycles. The summed E-state index contributed by atoms with van der Waals surface area (Å²) >= 11 is 0. The van der Waals surface area contributed by atoms with Gasteiger partial charge >= 0.3 is 0 Å². The van der Waals surface area contributed by atoms with Crippen molar-refractivity contribution in [2.45, 2.75) is 33.6 Å². The predicted octanol–water partition coefficient (Wildman–Crippen LogP) is 3.82. The molecule has 1 aliphatic rings. The van der Waals surface area contributed by atoms with Crippen LogP contribution in [-0.4, -0.2) is 49.4 Å². The Kier molecular flexibility index (Phi) is 6.57. The monoisotopic (exact) mass is 393 g/mol. The van der Waals surface area contributed by atoms with Crippen molar-refractivity contribution in [3.8, 4) is 0 Å². The van der Waals surface area contributed by atoms with Gasteiger partial charge in [-0.3, -0.25) is 9.59 Å². The molecule has 1 fully saturated rings. The summed E-state index contributed by atoms with van der Waals surface area (Å²) in [5, 5.41) is 0. The number of para-hydroxylation sites is 2. The van der Waals surface area contributed by atoms with Crippen LogP contribution in [0.25, 0.3) is 0 Å². The fraction of sp³-hybridized carbons (Fsp3) is 0.417. The molecule has 0 spiro atoms. The standard InChI is InChI=1S/C24H31N3O2/c1-18(2)22-12-8-9-19(3)24(22)27(20(4)28)17-23(29)26-15-13-25(14-16-26)21-10-6-5-7-11-21/h5-12,18H,13-17H2,1-4H3. The summed E-state index contributed by atoms with van der Waals surface area (Å²) < 4.78 is 0. The summed E-state index contributed by atoms with van der Waals surface area (Å²) in [6, 6.07) is 16.3. The van der Waals surface area contributed by atoms with Crippen LogP contribution in [0.3, 0.4) is 0 Å². The average Bonchev–Trinajstić information content (AvgIpc) is 2.72. The van der Waals surface area contributed by atoms with Crippen molar-refractivity contribution >= 4 is 23.2 Å². The van der Waals surface area contributed by atoms with Crippen LogP contribution in [0.1, 0.15) is 37.8 Å². The first-order valence-corrected chi connectivity index (χ1v) is 10.3. The Balaban J connectivity index is 1.71. The molecule has 2 aromatic rings. The van der Waals surface area contributed by atoms with Crippen LogP contribution in [0.2, 0.25) is 0 Å². The fourth-order valence-electron chi connectivity index (χ4n) is 3.95. The topological polar surface area (TPSA) is 43.9 Å². The van der Waals surface area contributed by atoms with Gasteiger partial charge in [0.1, 0.15) is 6.54 Å². The number of nitrogens with zero attached hydrogens (tertiary/aromatic N) is 3. The first-order chi connectivity index (χ1) is 13.9. The molecule has 0 radical (unpaired) electrons. The van der Waals surface area contributed by atoms with E-state index in [1.807, 2.05) is 48.2 Å². The Morgan fingerprint density at radius 1 is 0.966 bits per heavy atom. The van der Waals surface area contributed by atoms with Crippen molar-refractivity contribution in [1.29, 1.82) is 0 Å². The van der Waals surface area contributed by atoms with E-state index < -0.39 is 0 Å². The van der Waals surface area contributed by atoms with Crippen LogP contribution in [0.15, 0.2) is 48.5 Å². The Hall–Kier alpha value is -2.82. The van der Waals surface area contributed by atoms with E-state index >= 15 is 0 Å². The number of anilines is 2. The molecule has 1 heterocycles. The molecule has 0 atom stereocenters. The minimum atomic E-state index is -0.0996. The molecule has 5 heteroatoms. The number of benzene rings is 2. The Bertz CT molecular complexity index is 856. The summed E-state index contributed by atoms with van der Waals surface area (Å²) in [5.41, 5.74) is 4.19. The second-order valence-corrected chi connectivity index (χ2v) is 7.98. The zero-order valence-corrected chi connectivity index (χ0v) is 17.9. The first-order valence-electron chi connectivity index (χ1n) is 10.3. The number of carbonyl (C=O) groups excluding carboxylic acids is 2. The number of aryl methyl sites for hydroxylation is 1. The molecule has 0 N–H and O–H groups in total. The van der Waals surface area contributed by atoms with Gasteiger partial charge in [0, 0.05) is 38.8 Å². The number of amides is 2. The molecule has 1 aliphatic heterocycles. The second kappa shape index (κ2) is 9.12. The normalized spacial score (nSPS) is 14.2. The van der Waals surface area contributed by atoms with Crippen LogP contribution >= 0.6 is 0 Å². The van der Waals surface area contributed by atoms with Gasteiger partial charge in [-0.05, 0) is 36.1 Å². The summed E-state index contributed by atoms with van der Waals surface area (Å²) in [5.74, 6) is 0.180. The average molecular weight is 394 g/mol. The SMILES string of the molecule is CC(=O)N(CC(=O)N1CCN(c2ccccc2)CC1)c1c(C)cccc1C(C)C. The highest BCUT2D eigenvalue weighted by atomic mass is 16.2. The lowest BCUT2D eigenvalue weighted by Gasteiger charge is -2.37. The summed E-state index contributed by atoms with van der Waals surface area (Å²) in [6.45, 7) is 10.8. The van der Waals surface area contributed by atoms with E-state index in [1.165, 1.54) is 12.6 Å². The minimum absolute atomic E-state index is 0.00544. The molecule has 5 nitrogen and oxygen atoms in total. The van der Waals surface area contributed by atoms with Crippen molar-refractivity contribution < 1.29 is 9.59 Å². The lowest BCUT2D eigenvalue weighted by atomic mass is 9.97. The smallest absolute Gasteiger partial charge is 0.242 e. The Labute approximate surface area is 173 Å². The zero-order chi connectivity index (χ0) is 21.0. The molecule has 0 aliphatic carbocycles. The fourth-order valence-corrected chi connectivity index (χ4v) is 3.95. The van der Waals surface area contributed by atoms with Gasteiger partial charge in [0.15, 0.2) is 0 Å². The van der Waals surface area contributed by atoms with Gasteiger partial charge in [0.05, 0.1) is 5.69 Å². The third-order valence-electron chi connectivity index (χ3n) is 5.59. The number of hydrogen-bond acceptors (Lipinski definition) is 3. The van der Waals surface area contributed by atoms with Crippen LogP contribution in [0.5, 0.6) is 0 Å². The van der Waals surface area contributed by atoms with Crippen LogP contribution in [-0.2, 0) is 9.59 Å². The number of carbonyl (C=O) groups is 2. The van der Waals surface area contributed by atoms with E-state index in [4.69, 9.17) is 0 Å². The maximum Gasteiger partial charge on any atom is 0.242 e. The third-order valence-corrected chi connectivity index (χ3v) is 5.59. The Morgan fingerprint density at radius 2 is 1.62 bits per heavy atom. The highest BCUT2D eigenvalue weighted by Crippen LogP contribution is 2.31. The second-order valence-electron chi connectivity index (χ2n) is 7.98. The van der Waals surface area contributed by atoms with Crippen molar-refractivity contribution in [2.75, 3.05) is 42.5 Å². The minimum Gasteiger partial charge on any atom is -0.368 e. The molecule has 29 heavy (non-hydrogen) atoms. The first kappa shape index (κ1) is 20.9. The van der Waals surface area contributed by atoms with Crippen molar-refractivity contribution in [3.63, 3.8) is 0 Å². The summed E-state index contributed by atoms with van der Waals surface area (Å²) in [7, 11) is 0. The number of hydrogen-bond donors (Lipinski definition) is 0. The van der Waals surface area contributed by atoms with E-state index in [2.05, 4.69) is 30.9 Å². The van der Waals surface area contributed by atoms with Crippen molar-refractivity contribution in [3.05, 3.63) is 59.7 Å². The van der Waals surface area contributed by atoms with Gasteiger partial charge in [0.2, 0.25) is 11.8 Å². The maximum absolute atomic E-state index is 13.0. The zero-order valence-electron chi connectivity index (χ0n) is 17.9. The molecular weight excluding hydrogens is 362 g/mol. The van der Waals surface area contributed by atoms with E-state index in [0.717, 1.165) is 29.9 Å². The van der Waals surface area contributed by atoms with Gasteiger partial charge in [-0.25, -0.2) is 0 Å². The molecule has 3 rings (SSSR count). The lowest BCUT2D eigenvalue weighted by Crippen LogP contribution is -2.52. The van der Waals surface area contributed by atoms with E-state index in [0.29, 0.717) is 13.1 Å². The molecule has 1 saturated heterocycles. The largest absolute Gasteiger partial charge is 0.368 e. The van der Waals surface area contributed by atoms with Crippen molar-refractivity contribution in [2.24, 2.45) is 0 Å². The summed E-state index contributed by atoms with van der Waals surface area (Å²) in [6.07, 6.45) is 0. The predicted molar refractivity (Wildman–Crippen MR) is 119 cm³/mol. The van der Waals surface area contributed by atoms with E-state index in [-0.39, 0.29) is 24.3 Å². The van der Waals surface area contributed by atoms with Gasteiger partial charge in [-0.2, -0.15) is 0 Å². The van der Waals surface area contributed by atoms with E-state index in [9.17, 15) is 9.59 Å². The van der Waals surface area contributed by atoms with Gasteiger partial charge in [-0.1, -0.05) is 50.2 Å². The molecule has 0 aromatic heterocycles. The molecule has 0 unspecified atom stereocenters. The molecule has 2 amide bonds. The van der Waals surface area contributed by atoms with Crippen LogP contribution < -0.4 is 9.80 Å². The van der Waals surface area contributed by atoms with Crippen LogP contribution in [0.4, 0.5) is 11.4 Å². The lowest BCUT2D eigenvalue weighted by molar-refractivity contribution is -0.131. The van der Waals surface area contributed by atoms with Gasteiger partial charge in [0.25, 0.3) is 0 Å². The molecule has 0 bridgehead atoms. The maximum atomic E-state index is 13.0. The highest BCUT2D eigenvalue weighted by Gasteiger charge is 2.26. The van der Waals surface area contributed by atoms with Gasteiger partial charge < -0.3 is 14.7 Å². The summed E-state index contributed by atoms with van der Waals surface area (Å²) in [4.78, 5) is 31.3. The quantitative estimate of drug-likeness (QED) is 0.776. The Morgan fingerprint density at radius 3 is 2.21 bits per heavy atom. The van der Waals surface area contributed by atoms with E-state index in [1.54, 1.807) is 4.90 Å². The molecule has 154 valence electrons. The number of rotatable bonds is 5. The third kappa shape index (κ3) is 4.78. The molecular formula is C24H31N3O2. The molecule has 0 saturated carbocycles. The van der Waals surface area contributed by atoms with Crippen LogP contribution in [0, 0.1) is 6.92 Å². The van der Waals surface area contributed by atoms with Crippen molar-refractivity contribution in [1.82, 2.24) is 4.90 Å². The number of piperazine rings is 1.